The number of methoxy groups -OCH3 is 1. The highest BCUT2D eigenvalue weighted by molar-refractivity contribution is 5.76. The van der Waals surface area contributed by atoms with Crippen LogP contribution in [0.1, 0.15) is 29.9 Å². The standard InChI is InChI=1S/C15H17N3O/c1-11-8-18-13(9-16-11)10-17-12(2)14-6-4-5-7-15(14)19-3/h4-10,12H,1-3H3. The van der Waals surface area contributed by atoms with Crippen molar-refractivity contribution < 1.29 is 4.74 Å². The minimum atomic E-state index is 0.0132. The Morgan fingerprint density at radius 2 is 2.00 bits per heavy atom. The van der Waals surface area contributed by atoms with E-state index in [4.69, 9.17) is 4.74 Å². The second-order valence-electron chi connectivity index (χ2n) is 4.28. The maximum absolute atomic E-state index is 5.33. The molecule has 1 aromatic heterocycles. The number of aromatic nitrogens is 2. The first-order valence-electron chi connectivity index (χ1n) is 6.15. The first kappa shape index (κ1) is 13.2. The lowest BCUT2D eigenvalue weighted by Crippen LogP contribution is -1.97. The van der Waals surface area contributed by atoms with E-state index in [9.17, 15) is 0 Å². The van der Waals surface area contributed by atoms with E-state index in [2.05, 4.69) is 15.0 Å². The van der Waals surface area contributed by atoms with Crippen LogP contribution >= 0.6 is 0 Å². The van der Waals surface area contributed by atoms with Crippen molar-refractivity contribution in [3.05, 3.63) is 53.6 Å². The van der Waals surface area contributed by atoms with Crippen molar-refractivity contribution in [1.29, 1.82) is 0 Å². The van der Waals surface area contributed by atoms with Crippen molar-refractivity contribution in [2.75, 3.05) is 7.11 Å². The third-order valence-electron chi connectivity index (χ3n) is 2.82. The molecular formula is C15H17N3O. The fourth-order valence-electron chi connectivity index (χ4n) is 1.75. The lowest BCUT2D eigenvalue weighted by Gasteiger charge is -2.11. The molecule has 4 heteroatoms. The summed E-state index contributed by atoms with van der Waals surface area (Å²) in [6.07, 6.45) is 5.19. The lowest BCUT2D eigenvalue weighted by atomic mass is 10.1. The van der Waals surface area contributed by atoms with Crippen LogP contribution in [-0.2, 0) is 0 Å². The molecule has 0 bridgehead atoms. The van der Waals surface area contributed by atoms with E-state index in [1.807, 2.05) is 38.1 Å². The average Bonchev–Trinajstić information content (AvgIpc) is 2.46. The van der Waals surface area contributed by atoms with Gasteiger partial charge in [-0.2, -0.15) is 0 Å². The summed E-state index contributed by atoms with van der Waals surface area (Å²) in [4.78, 5) is 12.9. The summed E-state index contributed by atoms with van der Waals surface area (Å²) in [7, 11) is 1.67. The zero-order chi connectivity index (χ0) is 13.7. The Morgan fingerprint density at radius 3 is 2.68 bits per heavy atom. The van der Waals surface area contributed by atoms with Crippen molar-refractivity contribution in [2.45, 2.75) is 19.9 Å². The maximum Gasteiger partial charge on any atom is 0.124 e. The van der Waals surface area contributed by atoms with Crippen LogP contribution in [0.2, 0.25) is 0 Å². The third kappa shape index (κ3) is 3.37. The molecule has 1 heterocycles. The molecule has 0 N–H and O–H groups in total. The van der Waals surface area contributed by atoms with Gasteiger partial charge in [-0.3, -0.25) is 15.0 Å². The zero-order valence-corrected chi connectivity index (χ0v) is 11.4. The van der Waals surface area contributed by atoms with Gasteiger partial charge >= 0.3 is 0 Å². The fraction of sp³-hybridized carbons (Fsp3) is 0.267. The normalized spacial score (nSPS) is 12.6. The van der Waals surface area contributed by atoms with Gasteiger partial charge in [-0.15, -0.1) is 0 Å². The summed E-state index contributed by atoms with van der Waals surface area (Å²) in [5.41, 5.74) is 2.71. The lowest BCUT2D eigenvalue weighted by molar-refractivity contribution is 0.407. The van der Waals surface area contributed by atoms with E-state index >= 15 is 0 Å². The summed E-state index contributed by atoms with van der Waals surface area (Å²) in [6.45, 7) is 3.93. The first-order valence-corrected chi connectivity index (χ1v) is 6.15. The van der Waals surface area contributed by atoms with Gasteiger partial charge in [0.15, 0.2) is 0 Å². The highest BCUT2D eigenvalue weighted by Gasteiger charge is 2.08. The van der Waals surface area contributed by atoms with Crippen molar-refractivity contribution in [3.63, 3.8) is 0 Å². The Kier molecular flexibility index (Phi) is 4.23. The fourth-order valence-corrected chi connectivity index (χ4v) is 1.75. The van der Waals surface area contributed by atoms with Gasteiger partial charge < -0.3 is 4.74 Å². The van der Waals surface area contributed by atoms with E-state index in [1.165, 1.54) is 0 Å². The van der Waals surface area contributed by atoms with Gasteiger partial charge in [0.1, 0.15) is 5.75 Å². The highest BCUT2D eigenvalue weighted by atomic mass is 16.5. The Hall–Kier alpha value is -2.23. The van der Waals surface area contributed by atoms with Gasteiger partial charge in [-0.25, -0.2) is 0 Å². The largest absolute Gasteiger partial charge is 0.496 e. The molecule has 1 unspecified atom stereocenters. The maximum atomic E-state index is 5.33. The monoisotopic (exact) mass is 255 g/mol. The molecule has 19 heavy (non-hydrogen) atoms. The molecule has 2 rings (SSSR count). The topological polar surface area (TPSA) is 47.4 Å². The van der Waals surface area contributed by atoms with Crippen molar-refractivity contribution in [2.24, 2.45) is 4.99 Å². The number of nitrogens with zero attached hydrogens (tertiary/aromatic N) is 3. The molecule has 0 radical (unpaired) electrons. The molecule has 0 aliphatic rings. The highest BCUT2D eigenvalue weighted by Crippen LogP contribution is 2.26. The van der Waals surface area contributed by atoms with E-state index in [0.717, 1.165) is 22.7 Å². The van der Waals surface area contributed by atoms with Gasteiger partial charge in [0.05, 0.1) is 30.7 Å². The predicted molar refractivity (Wildman–Crippen MR) is 75.8 cm³/mol. The van der Waals surface area contributed by atoms with E-state index in [-0.39, 0.29) is 6.04 Å². The third-order valence-corrected chi connectivity index (χ3v) is 2.82. The molecule has 0 saturated carbocycles. The molecule has 0 aliphatic carbocycles. The van der Waals surface area contributed by atoms with Gasteiger partial charge in [-0.05, 0) is 19.9 Å². The second-order valence-corrected chi connectivity index (χ2v) is 4.28. The minimum absolute atomic E-state index is 0.0132. The molecule has 0 saturated heterocycles. The van der Waals surface area contributed by atoms with Crippen LogP contribution in [0.3, 0.4) is 0 Å². The minimum Gasteiger partial charge on any atom is -0.496 e. The van der Waals surface area contributed by atoms with Crippen LogP contribution in [0.4, 0.5) is 0 Å². The van der Waals surface area contributed by atoms with Crippen LogP contribution in [0.25, 0.3) is 0 Å². The molecular weight excluding hydrogens is 238 g/mol. The zero-order valence-electron chi connectivity index (χ0n) is 11.4. The van der Waals surface area contributed by atoms with Crippen molar-refractivity contribution in [3.8, 4) is 5.75 Å². The molecule has 0 amide bonds. The summed E-state index contributed by atoms with van der Waals surface area (Å²) < 4.78 is 5.33. The molecule has 2 aromatic rings. The summed E-state index contributed by atoms with van der Waals surface area (Å²) in [5.74, 6) is 0.849. The number of hydrogen-bond donors (Lipinski definition) is 0. The second kappa shape index (κ2) is 6.09. The number of hydrogen-bond acceptors (Lipinski definition) is 4. The van der Waals surface area contributed by atoms with Crippen molar-refractivity contribution >= 4 is 6.21 Å². The Morgan fingerprint density at radius 1 is 1.21 bits per heavy atom. The van der Waals surface area contributed by atoms with Crippen LogP contribution in [0.5, 0.6) is 5.75 Å². The average molecular weight is 255 g/mol. The summed E-state index contributed by atoms with van der Waals surface area (Å²) >= 11 is 0. The van der Waals surface area contributed by atoms with Crippen molar-refractivity contribution in [1.82, 2.24) is 9.97 Å². The Labute approximate surface area is 113 Å². The van der Waals surface area contributed by atoms with Crippen LogP contribution in [0.15, 0.2) is 41.7 Å². The van der Waals surface area contributed by atoms with E-state index in [0.29, 0.717) is 0 Å². The van der Waals surface area contributed by atoms with Gasteiger partial charge in [-0.1, -0.05) is 18.2 Å². The number of ether oxygens (including phenoxy) is 1. The SMILES string of the molecule is COc1ccccc1C(C)N=Cc1cnc(C)cn1. The number of benzene rings is 1. The summed E-state index contributed by atoms with van der Waals surface area (Å²) in [5, 5.41) is 0. The quantitative estimate of drug-likeness (QED) is 0.789. The van der Waals surface area contributed by atoms with E-state index < -0.39 is 0 Å². The summed E-state index contributed by atoms with van der Waals surface area (Å²) in [6, 6.07) is 7.90. The molecule has 4 nitrogen and oxygen atoms in total. The van der Waals surface area contributed by atoms with Gasteiger partial charge in [0, 0.05) is 18.0 Å². The number of aryl methyl sites for hydroxylation is 1. The molecule has 0 fully saturated rings. The molecule has 98 valence electrons. The smallest absolute Gasteiger partial charge is 0.124 e. The molecule has 1 aromatic carbocycles. The predicted octanol–water partition coefficient (Wildman–Crippen LogP) is 2.97. The van der Waals surface area contributed by atoms with Crippen LogP contribution in [-0.4, -0.2) is 23.3 Å². The molecule has 0 spiro atoms. The molecule has 1 atom stereocenters. The van der Waals surface area contributed by atoms with E-state index in [1.54, 1.807) is 25.7 Å². The molecule has 0 aliphatic heterocycles. The van der Waals surface area contributed by atoms with Crippen LogP contribution in [0, 0.1) is 6.92 Å². The van der Waals surface area contributed by atoms with Crippen LogP contribution < -0.4 is 4.74 Å². The first-order chi connectivity index (χ1) is 9.20. The number of aliphatic imine (C=N–C) groups is 1. The number of rotatable bonds is 4. The van der Waals surface area contributed by atoms with Gasteiger partial charge in [0.25, 0.3) is 0 Å². The van der Waals surface area contributed by atoms with Gasteiger partial charge in [0.2, 0.25) is 0 Å². The Bertz CT molecular complexity index is 564. The number of para-hydroxylation sites is 1. The Balaban J connectivity index is 2.16.